The van der Waals surface area contributed by atoms with Gasteiger partial charge in [0.15, 0.2) is 0 Å². The zero-order valence-electron chi connectivity index (χ0n) is 9.60. The molecule has 0 aliphatic carbocycles. The van der Waals surface area contributed by atoms with Crippen LogP contribution in [0.25, 0.3) is 0 Å². The molecule has 0 fully saturated rings. The summed E-state index contributed by atoms with van der Waals surface area (Å²) in [6, 6.07) is 0.216. The summed E-state index contributed by atoms with van der Waals surface area (Å²) in [5.41, 5.74) is 0. The minimum atomic E-state index is 0.125. The third kappa shape index (κ3) is 3.79. The Labute approximate surface area is 99.6 Å². The zero-order valence-corrected chi connectivity index (χ0v) is 10.4. The molecular weight excluding hydrogens is 232 g/mol. The maximum absolute atomic E-state index is 5.74. The zero-order chi connectivity index (χ0) is 12.0. The second kappa shape index (κ2) is 6.44. The lowest BCUT2D eigenvalue weighted by atomic mass is 10.4. The highest BCUT2D eigenvalue weighted by molar-refractivity contribution is 6.28. The number of anilines is 1. The Morgan fingerprint density at radius 3 is 2.62 bits per heavy atom. The predicted molar refractivity (Wildman–Crippen MR) is 61.2 cm³/mol. The first-order chi connectivity index (χ1) is 7.67. The molecule has 0 saturated heterocycles. The van der Waals surface area contributed by atoms with Crippen LogP contribution in [0.3, 0.4) is 0 Å². The van der Waals surface area contributed by atoms with E-state index in [0.29, 0.717) is 12.6 Å². The van der Waals surface area contributed by atoms with Gasteiger partial charge in [0, 0.05) is 27.3 Å². The molecule has 6 nitrogen and oxygen atoms in total. The maximum Gasteiger partial charge on any atom is 0.322 e. The molecule has 0 bridgehead atoms. The lowest BCUT2D eigenvalue weighted by Gasteiger charge is -2.16. The van der Waals surface area contributed by atoms with Gasteiger partial charge in [0.05, 0.1) is 7.11 Å². The molecule has 0 aliphatic rings. The second-order valence-corrected chi connectivity index (χ2v) is 3.50. The first-order valence-corrected chi connectivity index (χ1v) is 5.20. The minimum absolute atomic E-state index is 0.125. The van der Waals surface area contributed by atoms with Crippen LogP contribution in [0.4, 0.5) is 5.95 Å². The second-order valence-electron chi connectivity index (χ2n) is 3.16. The molecule has 0 radical (unpaired) electrons. The number of hydrogen-bond donors (Lipinski definition) is 0. The van der Waals surface area contributed by atoms with Crippen molar-refractivity contribution in [3.63, 3.8) is 0 Å². The van der Waals surface area contributed by atoms with Crippen LogP contribution in [0.1, 0.15) is 6.42 Å². The topological polar surface area (TPSA) is 60.4 Å². The molecular formula is C9H15ClN4O2. The summed E-state index contributed by atoms with van der Waals surface area (Å²) in [4.78, 5) is 13.8. The van der Waals surface area contributed by atoms with E-state index in [1.54, 1.807) is 7.11 Å². The Kier molecular flexibility index (Phi) is 5.21. The molecule has 0 amide bonds. The summed E-state index contributed by atoms with van der Waals surface area (Å²) < 4.78 is 9.88. The number of methoxy groups -OCH3 is 2. The molecule has 1 aromatic heterocycles. The lowest BCUT2D eigenvalue weighted by Crippen LogP contribution is -2.22. The van der Waals surface area contributed by atoms with Gasteiger partial charge in [-0.25, -0.2) is 0 Å². The molecule has 0 N–H and O–H groups in total. The van der Waals surface area contributed by atoms with Crippen molar-refractivity contribution in [1.29, 1.82) is 0 Å². The smallest absolute Gasteiger partial charge is 0.322 e. The van der Waals surface area contributed by atoms with E-state index in [4.69, 9.17) is 21.1 Å². The van der Waals surface area contributed by atoms with Gasteiger partial charge in [-0.3, -0.25) is 0 Å². The summed E-state index contributed by atoms with van der Waals surface area (Å²) in [5, 5.41) is 0.125. The number of halogens is 1. The summed E-state index contributed by atoms with van der Waals surface area (Å²) in [6.07, 6.45) is 0.888. The molecule has 16 heavy (non-hydrogen) atoms. The lowest BCUT2D eigenvalue weighted by molar-refractivity contribution is 0.196. The fourth-order valence-corrected chi connectivity index (χ4v) is 1.28. The van der Waals surface area contributed by atoms with Crippen molar-refractivity contribution in [2.45, 2.75) is 6.42 Å². The fourth-order valence-electron chi connectivity index (χ4n) is 1.13. The summed E-state index contributed by atoms with van der Waals surface area (Å²) >= 11 is 5.74. The largest absolute Gasteiger partial charge is 0.467 e. The molecule has 1 rings (SSSR count). The first kappa shape index (κ1) is 12.9. The molecule has 0 aromatic carbocycles. The van der Waals surface area contributed by atoms with Crippen molar-refractivity contribution in [2.75, 3.05) is 39.3 Å². The summed E-state index contributed by atoms with van der Waals surface area (Å²) in [5.74, 6) is 0.493. The molecule has 0 aliphatic heterocycles. The van der Waals surface area contributed by atoms with Crippen LogP contribution in [-0.4, -0.2) is 49.4 Å². The van der Waals surface area contributed by atoms with E-state index >= 15 is 0 Å². The Hall–Kier alpha value is -1.14. The van der Waals surface area contributed by atoms with Crippen molar-refractivity contribution in [3.8, 4) is 6.01 Å². The van der Waals surface area contributed by atoms with Gasteiger partial charge in [0.1, 0.15) is 0 Å². The monoisotopic (exact) mass is 246 g/mol. The van der Waals surface area contributed by atoms with Gasteiger partial charge < -0.3 is 14.4 Å². The molecule has 1 heterocycles. The van der Waals surface area contributed by atoms with Crippen LogP contribution in [0.5, 0.6) is 6.01 Å². The van der Waals surface area contributed by atoms with Crippen molar-refractivity contribution < 1.29 is 9.47 Å². The van der Waals surface area contributed by atoms with Crippen molar-refractivity contribution >= 4 is 17.5 Å². The minimum Gasteiger partial charge on any atom is -0.467 e. The van der Waals surface area contributed by atoms with E-state index in [-0.39, 0.29) is 11.3 Å². The van der Waals surface area contributed by atoms with Gasteiger partial charge in [0.2, 0.25) is 11.2 Å². The summed E-state index contributed by atoms with van der Waals surface area (Å²) in [7, 11) is 5.03. The summed E-state index contributed by atoms with van der Waals surface area (Å²) in [6.45, 7) is 1.47. The first-order valence-electron chi connectivity index (χ1n) is 4.83. The van der Waals surface area contributed by atoms with Gasteiger partial charge >= 0.3 is 6.01 Å². The number of aromatic nitrogens is 3. The van der Waals surface area contributed by atoms with E-state index < -0.39 is 0 Å². The third-order valence-electron chi connectivity index (χ3n) is 1.94. The van der Waals surface area contributed by atoms with E-state index in [1.807, 2.05) is 11.9 Å². The molecule has 0 unspecified atom stereocenters. The van der Waals surface area contributed by atoms with Crippen LogP contribution in [0.2, 0.25) is 5.28 Å². The van der Waals surface area contributed by atoms with Crippen molar-refractivity contribution in [1.82, 2.24) is 15.0 Å². The van der Waals surface area contributed by atoms with Crippen LogP contribution in [-0.2, 0) is 4.74 Å². The van der Waals surface area contributed by atoms with E-state index in [0.717, 1.165) is 13.0 Å². The molecule has 0 saturated carbocycles. The maximum atomic E-state index is 5.74. The number of nitrogens with zero attached hydrogens (tertiary/aromatic N) is 4. The predicted octanol–water partition coefficient (Wildman–Crippen LogP) is 1.01. The van der Waals surface area contributed by atoms with E-state index in [9.17, 15) is 0 Å². The number of rotatable bonds is 6. The molecule has 0 spiro atoms. The normalized spacial score (nSPS) is 10.2. The van der Waals surface area contributed by atoms with Crippen LogP contribution in [0, 0.1) is 0 Å². The molecule has 0 atom stereocenters. The highest BCUT2D eigenvalue weighted by atomic mass is 35.5. The van der Waals surface area contributed by atoms with E-state index in [1.165, 1.54) is 7.11 Å². The Balaban J connectivity index is 2.66. The standard InChI is InChI=1S/C9H15ClN4O2/c1-14(5-4-6-15-2)8-11-7(10)12-9(13-8)16-3/h4-6H2,1-3H3. The molecule has 90 valence electrons. The Morgan fingerprint density at radius 2 is 2.00 bits per heavy atom. The van der Waals surface area contributed by atoms with Crippen molar-refractivity contribution in [2.24, 2.45) is 0 Å². The average molecular weight is 247 g/mol. The Bertz CT molecular complexity index is 337. The number of ether oxygens (including phenoxy) is 2. The third-order valence-corrected chi connectivity index (χ3v) is 2.11. The number of hydrogen-bond acceptors (Lipinski definition) is 6. The van der Waals surface area contributed by atoms with Crippen molar-refractivity contribution in [3.05, 3.63) is 5.28 Å². The van der Waals surface area contributed by atoms with E-state index in [2.05, 4.69) is 15.0 Å². The van der Waals surface area contributed by atoms with Gasteiger partial charge in [-0.15, -0.1) is 0 Å². The van der Waals surface area contributed by atoms with Gasteiger partial charge in [-0.2, -0.15) is 15.0 Å². The van der Waals surface area contributed by atoms with Gasteiger partial charge in [0.25, 0.3) is 0 Å². The van der Waals surface area contributed by atoms with Crippen LogP contribution in [0.15, 0.2) is 0 Å². The van der Waals surface area contributed by atoms with Crippen LogP contribution < -0.4 is 9.64 Å². The Morgan fingerprint density at radius 1 is 1.25 bits per heavy atom. The average Bonchev–Trinajstić information content (AvgIpc) is 2.28. The highest BCUT2D eigenvalue weighted by Crippen LogP contribution is 2.13. The molecule has 7 heteroatoms. The van der Waals surface area contributed by atoms with Gasteiger partial charge in [-0.05, 0) is 18.0 Å². The quantitative estimate of drug-likeness (QED) is 0.698. The van der Waals surface area contributed by atoms with Gasteiger partial charge in [-0.1, -0.05) is 0 Å². The SMILES string of the molecule is COCCCN(C)c1nc(Cl)nc(OC)n1. The van der Waals surface area contributed by atoms with Crippen LogP contribution >= 0.6 is 11.6 Å². The highest BCUT2D eigenvalue weighted by Gasteiger charge is 2.09. The fraction of sp³-hybridized carbons (Fsp3) is 0.667. The molecule has 1 aromatic rings.